The number of hydrogen-bond donors (Lipinski definition) is 1. The van der Waals surface area contributed by atoms with E-state index in [9.17, 15) is 19.1 Å². The average molecular weight is 288 g/mol. The molecule has 0 spiro atoms. The van der Waals surface area contributed by atoms with Crippen molar-refractivity contribution in [3.8, 4) is 5.75 Å². The molecule has 0 radical (unpaired) electrons. The van der Waals surface area contributed by atoms with Gasteiger partial charge in [0.1, 0.15) is 11.6 Å². The van der Waals surface area contributed by atoms with Crippen molar-refractivity contribution in [1.82, 2.24) is 0 Å². The number of carbonyl (C=O) groups is 2. The summed E-state index contributed by atoms with van der Waals surface area (Å²) in [6.07, 6.45) is 0. The molecular formula is C15H11FNO4-. The van der Waals surface area contributed by atoms with E-state index in [1.165, 1.54) is 12.1 Å². The maximum atomic E-state index is 13.4. The summed E-state index contributed by atoms with van der Waals surface area (Å²) in [6, 6.07) is 12.2. The van der Waals surface area contributed by atoms with Crippen molar-refractivity contribution in [3.05, 3.63) is 59.9 Å². The Labute approximate surface area is 120 Å². The van der Waals surface area contributed by atoms with E-state index in [-0.39, 0.29) is 12.3 Å². The molecule has 0 aliphatic carbocycles. The first kappa shape index (κ1) is 14.5. The lowest BCUT2D eigenvalue weighted by Gasteiger charge is -2.13. The lowest BCUT2D eigenvalue weighted by molar-refractivity contribution is -0.255. The normalized spacial score (nSPS) is 9.95. The topological polar surface area (TPSA) is 78.5 Å². The third-order valence-electron chi connectivity index (χ3n) is 2.60. The highest BCUT2D eigenvalue weighted by Crippen LogP contribution is 2.18. The molecule has 0 bridgehead atoms. The molecule has 0 saturated carbocycles. The fourth-order valence-electron chi connectivity index (χ4n) is 1.69. The Balaban J connectivity index is 2.03. The summed E-state index contributed by atoms with van der Waals surface area (Å²) in [5, 5.41) is 13.1. The number of amides is 1. The fraction of sp³-hybridized carbons (Fsp3) is 0.0667. The first-order valence-electron chi connectivity index (χ1n) is 6.05. The highest BCUT2D eigenvalue weighted by atomic mass is 19.1. The summed E-state index contributed by atoms with van der Waals surface area (Å²) in [5.41, 5.74) is -0.859. The zero-order valence-electron chi connectivity index (χ0n) is 10.8. The number of aromatic carboxylic acids is 1. The van der Waals surface area contributed by atoms with Gasteiger partial charge in [0.2, 0.25) is 0 Å². The Hall–Kier alpha value is -2.89. The third-order valence-corrected chi connectivity index (χ3v) is 2.60. The van der Waals surface area contributed by atoms with Crippen molar-refractivity contribution in [2.24, 2.45) is 0 Å². The van der Waals surface area contributed by atoms with Gasteiger partial charge >= 0.3 is 0 Å². The van der Waals surface area contributed by atoms with Gasteiger partial charge in [-0.25, -0.2) is 4.39 Å². The average Bonchev–Trinajstić information content (AvgIpc) is 2.46. The molecule has 108 valence electrons. The smallest absolute Gasteiger partial charge is 0.262 e. The minimum Gasteiger partial charge on any atom is -0.545 e. The number of para-hydroxylation sites is 1. The molecule has 0 aromatic heterocycles. The molecule has 0 unspecified atom stereocenters. The molecule has 0 saturated heterocycles. The minimum absolute atomic E-state index is 0.170. The van der Waals surface area contributed by atoms with Crippen LogP contribution in [0, 0.1) is 5.82 Å². The molecule has 0 aliphatic rings. The van der Waals surface area contributed by atoms with Crippen LogP contribution in [0.1, 0.15) is 10.4 Å². The molecule has 2 aromatic rings. The van der Waals surface area contributed by atoms with E-state index in [0.29, 0.717) is 5.75 Å². The van der Waals surface area contributed by atoms with Crippen LogP contribution in [0.3, 0.4) is 0 Å². The van der Waals surface area contributed by atoms with Gasteiger partial charge in [-0.3, -0.25) is 4.79 Å². The Morgan fingerprint density at radius 2 is 1.81 bits per heavy atom. The van der Waals surface area contributed by atoms with Crippen molar-refractivity contribution in [2.75, 3.05) is 11.9 Å². The third kappa shape index (κ3) is 3.79. The predicted molar refractivity (Wildman–Crippen MR) is 71.3 cm³/mol. The first-order valence-corrected chi connectivity index (χ1v) is 6.05. The second kappa shape index (κ2) is 6.51. The molecule has 21 heavy (non-hydrogen) atoms. The highest BCUT2D eigenvalue weighted by Gasteiger charge is 2.12. The molecule has 2 aromatic carbocycles. The van der Waals surface area contributed by atoms with Gasteiger partial charge in [-0.15, -0.1) is 0 Å². The van der Waals surface area contributed by atoms with Crippen molar-refractivity contribution in [3.63, 3.8) is 0 Å². The zero-order valence-corrected chi connectivity index (χ0v) is 10.8. The zero-order chi connectivity index (χ0) is 15.2. The molecule has 2 rings (SSSR count). The van der Waals surface area contributed by atoms with Crippen LogP contribution < -0.4 is 15.2 Å². The van der Waals surface area contributed by atoms with Gasteiger partial charge in [-0.1, -0.05) is 24.3 Å². The standard InChI is InChI=1S/C15H12FNO4/c16-11-7-4-8-12(14(11)15(19)20)17-13(18)9-21-10-5-2-1-3-6-10/h1-8H,9H2,(H,17,18)(H,19,20)/p-1. The Morgan fingerprint density at radius 1 is 1.10 bits per heavy atom. The summed E-state index contributed by atoms with van der Waals surface area (Å²) in [6.45, 7) is -0.326. The number of anilines is 1. The van der Waals surface area contributed by atoms with Crippen molar-refractivity contribution in [1.29, 1.82) is 0 Å². The van der Waals surface area contributed by atoms with Crippen molar-refractivity contribution >= 4 is 17.6 Å². The van der Waals surface area contributed by atoms with Gasteiger partial charge in [-0.05, 0) is 24.3 Å². The number of nitrogens with one attached hydrogen (secondary N) is 1. The van der Waals surface area contributed by atoms with Crippen LogP contribution in [0.5, 0.6) is 5.75 Å². The number of carboxylic acid groups (broad SMARTS) is 1. The van der Waals surface area contributed by atoms with E-state index in [2.05, 4.69) is 5.32 Å². The maximum Gasteiger partial charge on any atom is 0.262 e. The van der Waals surface area contributed by atoms with Gasteiger partial charge < -0.3 is 20.0 Å². The quantitative estimate of drug-likeness (QED) is 0.897. The molecule has 0 aliphatic heterocycles. The van der Waals surface area contributed by atoms with Gasteiger partial charge in [0.25, 0.3) is 5.91 Å². The Kier molecular flexibility index (Phi) is 4.50. The number of benzene rings is 2. The lowest BCUT2D eigenvalue weighted by Crippen LogP contribution is -2.27. The molecule has 5 nitrogen and oxygen atoms in total. The Bertz CT molecular complexity index is 658. The summed E-state index contributed by atoms with van der Waals surface area (Å²) in [7, 11) is 0. The van der Waals surface area contributed by atoms with Gasteiger partial charge in [0, 0.05) is 0 Å². The van der Waals surface area contributed by atoms with Gasteiger partial charge in [0.15, 0.2) is 6.61 Å². The second-order valence-electron chi connectivity index (χ2n) is 4.10. The number of carbonyl (C=O) groups excluding carboxylic acids is 2. The number of hydrogen-bond acceptors (Lipinski definition) is 4. The van der Waals surface area contributed by atoms with Crippen molar-refractivity contribution in [2.45, 2.75) is 0 Å². The van der Waals surface area contributed by atoms with E-state index in [0.717, 1.165) is 6.07 Å². The largest absolute Gasteiger partial charge is 0.545 e. The molecular weight excluding hydrogens is 277 g/mol. The van der Waals surface area contributed by atoms with E-state index in [1.807, 2.05) is 0 Å². The van der Waals surface area contributed by atoms with E-state index >= 15 is 0 Å². The van der Waals surface area contributed by atoms with Crippen LogP contribution in [0.15, 0.2) is 48.5 Å². The van der Waals surface area contributed by atoms with Crippen LogP contribution in [-0.2, 0) is 4.79 Å². The minimum atomic E-state index is -1.70. The van der Waals surface area contributed by atoms with E-state index in [4.69, 9.17) is 4.74 Å². The second-order valence-corrected chi connectivity index (χ2v) is 4.10. The number of halogens is 1. The van der Waals surface area contributed by atoms with E-state index < -0.39 is 23.3 Å². The lowest BCUT2D eigenvalue weighted by atomic mass is 10.1. The number of carboxylic acids is 1. The first-order chi connectivity index (χ1) is 10.1. The molecule has 6 heteroatoms. The highest BCUT2D eigenvalue weighted by molar-refractivity contribution is 6.00. The molecule has 1 N–H and O–H groups in total. The fourth-order valence-corrected chi connectivity index (χ4v) is 1.69. The Morgan fingerprint density at radius 3 is 2.48 bits per heavy atom. The molecule has 0 atom stereocenters. The summed E-state index contributed by atoms with van der Waals surface area (Å²) < 4.78 is 18.6. The van der Waals surface area contributed by atoms with Crippen LogP contribution in [-0.4, -0.2) is 18.5 Å². The summed E-state index contributed by atoms with van der Waals surface area (Å²) in [5.74, 6) is -2.79. The number of ether oxygens (including phenoxy) is 1. The summed E-state index contributed by atoms with van der Waals surface area (Å²) in [4.78, 5) is 22.6. The van der Waals surface area contributed by atoms with Gasteiger partial charge in [0.05, 0.1) is 17.2 Å². The van der Waals surface area contributed by atoms with Gasteiger partial charge in [-0.2, -0.15) is 0 Å². The van der Waals surface area contributed by atoms with Crippen LogP contribution >= 0.6 is 0 Å². The van der Waals surface area contributed by atoms with E-state index in [1.54, 1.807) is 30.3 Å². The maximum absolute atomic E-state index is 13.4. The monoisotopic (exact) mass is 288 g/mol. The van der Waals surface area contributed by atoms with Crippen molar-refractivity contribution < 1.29 is 23.8 Å². The van der Waals surface area contributed by atoms with Crippen LogP contribution in [0.4, 0.5) is 10.1 Å². The molecule has 0 fully saturated rings. The van der Waals surface area contributed by atoms with Crippen LogP contribution in [0.25, 0.3) is 0 Å². The van der Waals surface area contributed by atoms with Crippen LogP contribution in [0.2, 0.25) is 0 Å². The molecule has 1 amide bonds. The number of rotatable bonds is 5. The molecule has 0 heterocycles. The summed E-state index contributed by atoms with van der Waals surface area (Å²) >= 11 is 0. The predicted octanol–water partition coefficient (Wildman–Crippen LogP) is 1.21. The SMILES string of the molecule is O=C(COc1ccccc1)Nc1cccc(F)c1C(=O)[O-].